The van der Waals surface area contributed by atoms with Gasteiger partial charge in [-0.15, -0.1) is 11.3 Å². The molecule has 0 aromatic carbocycles. The highest BCUT2D eigenvalue weighted by Gasteiger charge is 2.33. The number of ether oxygens (including phenoxy) is 1. The summed E-state index contributed by atoms with van der Waals surface area (Å²) in [5, 5.41) is 3.38. The molecule has 3 saturated heterocycles. The normalized spacial score (nSPS) is 26.4. The number of morpholine rings is 1. The number of carbonyl (C=O) groups excluding carboxylic acids is 1. The molecule has 0 bridgehead atoms. The molecule has 6 nitrogen and oxygen atoms in total. The average Bonchev–Trinajstić information content (AvgIpc) is 3.13. The second kappa shape index (κ2) is 8.99. The number of carbonyl (C=O) groups is 1. The topological polar surface area (TPSA) is 48.9 Å². The monoisotopic (exact) mass is 392 g/mol. The summed E-state index contributed by atoms with van der Waals surface area (Å²) < 4.78 is 5.39. The molecule has 4 heterocycles. The summed E-state index contributed by atoms with van der Waals surface area (Å²) in [5.74, 6) is 0.549. The van der Waals surface area contributed by atoms with Gasteiger partial charge in [-0.25, -0.2) is 4.98 Å². The van der Waals surface area contributed by atoms with Crippen molar-refractivity contribution in [3.8, 4) is 0 Å². The Morgan fingerprint density at radius 3 is 2.67 bits per heavy atom. The van der Waals surface area contributed by atoms with E-state index in [1.165, 1.54) is 17.8 Å². The van der Waals surface area contributed by atoms with Crippen LogP contribution in [0.2, 0.25) is 0 Å². The van der Waals surface area contributed by atoms with Crippen LogP contribution in [-0.2, 0) is 16.1 Å². The molecule has 3 aliphatic rings. The van der Waals surface area contributed by atoms with Gasteiger partial charge in [0.05, 0.1) is 25.7 Å². The van der Waals surface area contributed by atoms with E-state index in [9.17, 15) is 4.79 Å². The lowest BCUT2D eigenvalue weighted by atomic mass is 9.92. The maximum atomic E-state index is 12.9. The summed E-state index contributed by atoms with van der Waals surface area (Å²) in [5.41, 5.74) is 1.13. The van der Waals surface area contributed by atoms with E-state index in [0.717, 1.165) is 64.3 Å². The molecule has 27 heavy (non-hydrogen) atoms. The van der Waals surface area contributed by atoms with Gasteiger partial charge in [0.15, 0.2) is 0 Å². The van der Waals surface area contributed by atoms with E-state index in [4.69, 9.17) is 4.74 Å². The van der Waals surface area contributed by atoms with Gasteiger partial charge in [0, 0.05) is 49.8 Å². The minimum atomic E-state index is 0.188. The Morgan fingerprint density at radius 2 is 1.96 bits per heavy atom. The number of nitrogens with zero attached hydrogens (tertiary/aromatic N) is 4. The largest absolute Gasteiger partial charge is 0.378 e. The number of amides is 1. The third-order valence-corrected chi connectivity index (χ3v) is 7.18. The molecule has 1 aromatic heterocycles. The van der Waals surface area contributed by atoms with Crippen molar-refractivity contribution in [3.05, 3.63) is 16.1 Å². The molecule has 0 spiro atoms. The molecule has 3 aliphatic heterocycles. The van der Waals surface area contributed by atoms with Crippen LogP contribution in [0.25, 0.3) is 0 Å². The first kappa shape index (κ1) is 19.3. The van der Waals surface area contributed by atoms with E-state index in [1.807, 2.05) is 4.90 Å². The molecule has 1 amide bonds. The van der Waals surface area contributed by atoms with Crippen LogP contribution in [0.15, 0.2) is 5.38 Å². The van der Waals surface area contributed by atoms with Gasteiger partial charge in [0.1, 0.15) is 5.01 Å². The van der Waals surface area contributed by atoms with Crippen LogP contribution in [0.3, 0.4) is 0 Å². The third-order valence-electron chi connectivity index (χ3n) is 6.22. The van der Waals surface area contributed by atoms with Crippen molar-refractivity contribution in [3.63, 3.8) is 0 Å². The zero-order valence-corrected chi connectivity index (χ0v) is 17.3. The number of thiazole rings is 1. The van der Waals surface area contributed by atoms with Crippen LogP contribution in [0.1, 0.15) is 36.4 Å². The van der Waals surface area contributed by atoms with Crippen molar-refractivity contribution >= 4 is 17.2 Å². The number of piperidine rings is 2. The molecule has 150 valence electrons. The SMILES string of the molecule is Cc1csc(CN2CCC(N3CCC[C@@H](C(=O)N4CCOCC4)C3)CC2)n1. The lowest BCUT2D eigenvalue weighted by Crippen LogP contribution is -2.52. The highest BCUT2D eigenvalue weighted by atomic mass is 32.1. The van der Waals surface area contributed by atoms with Crippen molar-refractivity contribution in [2.75, 3.05) is 52.5 Å². The fourth-order valence-corrected chi connectivity index (χ4v) is 5.50. The van der Waals surface area contributed by atoms with Crippen LogP contribution in [0.4, 0.5) is 0 Å². The minimum Gasteiger partial charge on any atom is -0.378 e. The smallest absolute Gasteiger partial charge is 0.227 e. The van der Waals surface area contributed by atoms with E-state index >= 15 is 0 Å². The number of aromatic nitrogens is 1. The zero-order chi connectivity index (χ0) is 18.6. The van der Waals surface area contributed by atoms with Gasteiger partial charge in [0.25, 0.3) is 0 Å². The van der Waals surface area contributed by atoms with Gasteiger partial charge in [-0.2, -0.15) is 0 Å². The van der Waals surface area contributed by atoms with Gasteiger partial charge >= 0.3 is 0 Å². The summed E-state index contributed by atoms with van der Waals surface area (Å²) in [6, 6.07) is 0.638. The van der Waals surface area contributed by atoms with Gasteiger partial charge in [0.2, 0.25) is 5.91 Å². The van der Waals surface area contributed by atoms with Crippen LogP contribution < -0.4 is 0 Å². The fourth-order valence-electron chi connectivity index (χ4n) is 4.69. The van der Waals surface area contributed by atoms with Crippen molar-refractivity contribution < 1.29 is 9.53 Å². The summed E-state index contributed by atoms with van der Waals surface area (Å²) in [6.45, 7) is 10.4. The van der Waals surface area contributed by atoms with Crippen molar-refractivity contribution in [2.24, 2.45) is 5.92 Å². The molecule has 0 N–H and O–H groups in total. The van der Waals surface area contributed by atoms with Crippen LogP contribution in [0, 0.1) is 12.8 Å². The molecular formula is C20H32N4O2S. The lowest BCUT2D eigenvalue weighted by molar-refractivity contribution is -0.142. The third kappa shape index (κ3) is 4.88. The Morgan fingerprint density at radius 1 is 1.19 bits per heavy atom. The molecular weight excluding hydrogens is 360 g/mol. The molecule has 0 unspecified atom stereocenters. The van der Waals surface area contributed by atoms with Crippen LogP contribution >= 0.6 is 11.3 Å². The van der Waals surface area contributed by atoms with Crippen molar-refractivity contribution in [2.45, 2.75) is 45.2 Å². The zero-order valence-electron chi connectivity index (χ0n) is 16.4. The molecule has 0 radical (unpaired) electrons. The molecule has 7 heteroatoms. The first-order chi connectivity index (χ1) is 13.2. The van der Waals surface area contributed by atoms with Gasteiger partial charge in [-0.1, -0.05) is 0 Å². The number of hydrogen-bond acceptors (Lipinski definition) is 6. The predicted octanol–water partition coefficient (Wildman–Crippen LogP) is 1.99. The summed E-state index contributed by atoms with van der Waals surface area (Å²) in [7, 11) is 0. The molecule has 0 aliphatic carbocycles. The minimum absolute atomic E-state index is 0.188. The molecule has 0 saturated carbocycles. The number of rotatable bonds is 4. The summed E-state index contributed by atoms with van der Waals surface area (Å²) >= 11 is 1.77. The van der Waals surface area contributed by atoms with Gasteiger partial charge in [-0.3, -0.25) is 14.6 Å². The highest BCUT2D eigenvalue weighted by Crippen LogP contribution is 2.26. The number of likely N-dealkylation sites (tertiary alicyclic amines) is 2. The maximum absolute atomic E-state index is 12.9. The number of hydrogen-bond donors (Lipinski definition) is 0. The van der Waals surface area contributed by atoms with Gasteiger partial charge < -0.3 is 9.64 Å². The second-order valence-electron chi connectivity index (χ2n) is 8.16. The molecule has 3 fully saturated rings. The Hall–Kier alpha value is -1.02. The number of aryl methyl sites for hydroxylation is 1. The first-order valence-electron chi connectivity index (χ1n) is 10.4. The van der Waals surface area contributed by atoms with Crippen LogP contribution in [0.5, 0.6) is 0 Å². The van der Waals surface area contributed by atoms with E-state index in [1.54, 1.807) is 11.3 Å². The first-order valence-corrected chi connectivity index (χ1v) is 11.3. The van der Waals surface area contributed by atoms with E-state index < -0.39 is 0 Å². The Labute approximate surface area is 166 Å². The maximum Gasteiger partial charge on any atom is 0.227 e. The fraction of sp³-hybridized carbons (Fsp3) is 0.800. The second-order valence-corrected chi connectivity index (χ2v) is 9.10. The van der Waals surface area contributed by atoms with Crippen LogP contribution in [-0.4, -0.2) is 84.1 Å². The van der Waals surface area contributed by atoms with Crippen molar-refractivity contribution in [1.29, 1.82) is 0 Å². The lowest BCUT2D eigenvalue weighted by Gasteiger charge is -2.43. The summed E-state index contributed by atoms with van der Waals surface area (Å²) in [6.07, 6.45) is 4.62. The molecule has 1 aromatic rings. The van der Waals surface area contributed by atoms with Crippen molar-refractivity contribution in [1.82, 2.24) is 19.7 Å². The van der Waals surface area contributed by atoms with Gasteiger partial charge in [-0.05, 0) is 39.2 Å². The molecule has 4 rings (SSSR count). The standard InChI is InChI=1S/C20H32N4O2S/c1-16-15-27-19(21-16)14-22-7-4-18(5-8-22)24-6-2-3-17(13-24)20(25)23-9-11-26-12-10-23/h15,17-18H,2-14H2,1H3/t17-/m1/s1. The Balaban J connectivity index is 1.26. The summed E-state index contributed by atoms with van der Waals surface area (Å²) in [4.78, 5) is 24.6. The highest BCUT2D eigenvalue weighted by molar-refractivity contribution is 7.09. The Bertz CT molecular complexity index is 623. The molecule has 1 atom stereocenters. The predicted molar refractivity (Wildman–Crippen MR) is 107 cm³/mol. The van der Waals surface area contributed by atoms with E-state index in [-0.39, 0.29) is 5.92 Å². The Kier molecular flexibility index (Phi) is 6.42. The quantitative estimate of drug-likeness (QED) is 0.784. The van der Waals surface area contributed by atoms with E-state index in [0.29, 0.717) is 25.2 Å². The average molecular weight is 393 g/mol. The van der Waals surface area contributed by atoms with E-state index in [2.05, 4.69) is 27.1 Å².